The molecule has 0 aromatic heterocycles. The van der Waals surface area contributed by atoms with E-state index < -0.39 is 8.32 Å². The van der Waals surface area contributed by atoms with Crippen LogP contribution < -0.4 is 10.6 Å². The maximum absolute atomic E-state index is 13.0. The lowest BCUT2D eigenvalue weighted by Gasteiger charge is -2.38. The van der Waals surface area contributed by atoms with E-state index in [4.69, 9.17) is 4.43 Å². The first-order valence-corrected chi connectivity index (χ1v) is 17.0. The van der Waals surface area contributed by atoms with Crippen LogP contribution in [0.3, 0.4) is 0 Å². The first kappa shape index (κ1) is 30.6. The van der Waals surface area contributed by atoms with E-state index >= 15 is 0 Å². The summed E-state index contributed by atoms with van der Waals surface area (Å²) in [5.74, 6) is 0. The fourth-order valence-electron chi connectivity index (χ4n) is 4.31. The van der Waals surface area contributed by atoms with Gasteiger partial charge in [0.25, 0.3) is 0 Å². The van der Waals surface area contributed by atoms with Crippen molar-refractivity contribution < 1.29 is 9.22 Å². The summed E-state index contributed by atoms with van der Waals surface area (Å²) in [7, 11) is -1.88. The molecule has 210 valence electrons. The van der Waals surface area contributed by atoms with Crippen molar-refractivity contribution in [3.8, 4) is 0 Å². The van der Waals surface area contributed by atoms with E-state index in [-0.39, 0.29) is 23.2 Å². The number of hydrogen-bond donors (Lipinski definition) is 2. The molecule has 5 nitrogen and oxygen atoms in total. The predicted octanol–water partition coefficient (Wildman–Crippen LogP) is 7.53. The van der Waals surface area contributed by atoms with Gasteiger partial charge in [0.05, 0.1) is 6.04 Å². The highest BCUT2D eigenvalue weighted by atomic mass is 28.4. The SMILES string of the molecule is CC(NC(=O)NC[C@H](CCO[Si](C)(C)C(C)(C)C)N(Cc1ccccc1)Cc1ccccc1)c1ccccc1. The van der Waals surface area contributed by atoms with Crippen LogP contribution >= 0.6 is 0 Å². The maximum atomic E-state index is 13.0. The second-order valence-corrected chi connectivity index (χ2v) is 16.7. The number of amides is 2. The monoisotopic (exact) mass is 545 g/mol. The maximum Gasteiger partial charge on any atom is 0.315 e. The number of rotatable bonds is 13. The summed E-state index contributed by atoms with van der Waals surface area (Å²) in [6, 6.07) is 31.0. The van der Waals surface area contributed by atoms with Gasteiger partial charge >= 0.3 is 6.03 Å². The third kappa shape index (κ3) is 9.95. The molecule has 1 unspecified atom stereocenters. The third-order valence-corrected chi connectivity index (χ3v) is 12.4. The lowest BCUT2D eigenvalue weighted by Crippen LogP contribution is -2.48. The molecule has 3 rings (SSSR count). The van der Waals surface area contributed by atoms with Crippen molar-refractivity contribution in [1.82, 2.24) is 15.5 Å². The number of urea groups is 1. The molecule has 0 fully saturated rings. The van der Waals surface area contributed by atoms with Crippen molar-refractivity contribution in [2.24, 2.45) is 0 Å². The van der Waals surface area contributed by atoms with Gasteiger partial charge < -0.3 is 15.1 Å². The summed E-state index contributed by atoms with van der Waals surface area (Å²) < 4.78 is 6.59. The highest BCUT2D eigenvalue weighted by Crippen LogP contribution is 2.36. The van der Waals surface area contributed by atoms with Crippen LogP contribution in [0, 0.1) is 0 Å². The molecule has 0 heterocycles. The molecule has 3 aromatic carbocycles. The summed E-state index contributed by atoms with van der Waals surface area (Å²) >= 11 is 0. The molecule has 6 heteroatoms. The van der Waals surface area contributed by atoms with Crippen LogP contribution in [0.2, 0.25) is 18.1 Å². The lowest BCUT2D eigenvalue weighted by molar-refractivity contribution is 0.141. The third-order valence-electron chi connectivity index (χ3n) is 7.84. The molecule has 2 atom stereocenters. The molecule has 0 spiro atoms. The highest BCUT2D eigenvalue weighted by molar-refractivity contribution is 6.74. The van der Waals surface area contributed by atoms with Crippen molar-refractivity contribution in [2.75, 3.05) is 13.2 Å². The number of carbonyl (C=O) groups excluding carboxylic acids is 1. The lowest BCUT2D eigenvalue weighted by atomic mass is 10.1. The Balaban J connectivity index is 1.76. The van der Waals surface area contributed by atoms with Crippen LogP contribution in [0.25, 0.3) is 0 Å². The number of benzene rings is 3. The normalized spacial score (nSPS) is 13.6. The van der Waals surface area contributed by atoms with Crippen molar-refractivity contribution in [3.05, 3.63) is 108 Å². The van der Waals surface area contributed by atoms with E-state index in [1.54, 1.807) is 0 Å². The largest absolute Gasteiger partial charge is 0.417 e. The first-order valence-electron chi connectivity index (χ1n) is 14.1. The molecule has 0 saturated heterocycles. The average Bonchev–Trinajstić information content (AvgIpc) is 2.91. The molecule has 2 amide bonds. The van der Waals surface area contributed by atoms with Crippen LogP contribution in [0.15, 0.2) is 91.0 Å². The Labute approximate surface area is 237 Å². The summed E-state index contributed by atoms with van der Waals surface area (Å²) in [5, 5.41) is 6.43. The van der Waals surface area contributed by atoms with Gasteiger partial charge in [-0.1, -0.05) is 112 Å². The summed E-state index contributed by atoms with van der Waals surface area (Å²) in [4.78, 5) is 15.4. The van der Waals surface area contributed by atoms with E-state index in [2.05, 4.69) is 110 Å². The van der Waals surface area contributed by atoms with E-state index in [1.807, 2.05) is 37.3 Å². The first-order chi connectivity index (χ1) is 18.5. The van der Waals surface area contributed by atoms with E-state index in [9.17, 15) is 4.79 Å². The fraction of sp³-hybridized carbons (Fsp3) is 0.424. The predicted molar refractivity (Wildman–Crippen MR) is 165 cm³/mol. The average molecular weight is 546 g/mol. The zero-order chi connectivity index (χ0) is 28.3. The Morgan fingerprint density at radius 2 is 1.33 bits per heavy atom. The molecule has 0 bridgehead atoms. The van der Waals surface area contributed by atoms with Gasteiger partial charge in [0.15, 0.2) is 8.32 Å². The minimum atomic E-state index is -1.88. The zero-order valence-electron chi connectivity index (χ0n) is 24.6. The van der Waals surface area contributed by atoms with Gasteiger partial charge in [-0.25, -0.2) is 4.79 Å². The van der Waals surface area contributed by atoms with Crippen molar-refractivity contribution in [2.45, 2.75) is 77.4 Å². The Hall–Kier alpha value is -2.93. The molecule has 3 aromatic rings. The second kappa shape index (κ2) is 14.5. The molecule has 0 aliphatic rings. The Morgan fingerprint density at radius 3 is 1.82 bits per heavy atom. The topological polar surface area (TPSA) is 53.6 Å². The Bertz CT molecular complexity index is 1080. The highest BCUT2D eigenvalue weighted by Gasteiger charge is 2.37. The standard InChI is InChI=1S/C33H47N3O2Si/c1-27(30-20-14-9-15-21-30)35-32(37)34-24-31(22-23-38-39(5,6)33(2,3)4)36(25-28-16-10-7-11-17-28)26-29-18-12-8-13-19-29/h7-21,27,31H,22-26H2,1-6H3,(H2,34,35,37)/t27?,31-/m0/s1. The molecule has 0 radical (unpaired) electrons. The van der Waals surface area contributed by atoms with Crippen LogP contribution in [-0.2, 0) is 17.5 Å². The van der Waals surface area contributed by atoms with Gasteiger partial charge in [0.2, 0.25) is 0 Å². The Kier molecular flexibility index (Phi) is 11.3. The Morgan fingerprint density at radius 1 is 0.846 bits per heavy atom. The number of nitrogens with zero attached hydrogens (tertiary/aromatic N) is 1. The molecule has 39 heavy (non-hydrogen) atoms. The van der Waals surface area contributed by atoms with Crippen molar-refractivity contribution in [3.63, 3.8) is 0 Å². The zero-order valence-corrected chi connectivity index (χ0v) is 25.6. The smallest absolute Gasteiger partial charge is 0.315 e. The molecule has 0 aliphatic carbocycles. The molecule has 2 N–H and O–H groups in total. The van der Waals surface area contributed by atoms with Crippen LogP contribution in [-0.4, -0.2) is 38.4 Å². The summed E-state index contributed by atoms with van der Waals surface area (Å²) in [6.45, 7) is 16.2. The number of nitrogens with one attached hydrogen (secondary N) is 2. The number of hydrogen-bond acceptors (Lipinski definition) is 3. The van der Waals surface area contributed by atoms with Crippen LogP contribution in [0.4, 0.5) is 4.79 Å². The van der Waals surface area contributed by atoms with E-state index in [1.165, 1.54) is 11.1 Å². The quantitative estimate of drug-likeness (QED) is 0.218. The van der Waals surface area contributed by atoms with E-state index in [0.717, 1.165) is 25.1 Å². The molecular weight excluding hydrogens is 498 g/mol. The summed E-state index contributed by atoms with van der Waals surface area (Å²) in [5.41, 5.74) is 3.60. The summed E-state index contributed by atoms with van der Waals surface area (Å²) in [6.07, 6.45) is 0.834. The number of carbonyl (C=O) groups is 1. The fourth-order valence-corrected chi connectivity index (χ4v) is 5.37. The van der Waals surface area contributed by atoms with Gasteiger partial charge in [-0.05, 0) is 48.2 Å². The van der Waals surface area contributed by atoms with Gasteiger partial charge in [-0.2, -0.15) is 0 Å². The van der Waals surface area contributed by atoms with Gasteiger partial charge in [0.1, 0.15) is 0 Å². The minimum absolute atomic E-state index is 0.0729. The van der Waals surface area contributed by atoms with Gasteiger partial charge in [-0.3, -0.25) is 4.90 Å². The molecular formula is C33H47N3O2Si. The van der Waals surface area contributed by atoms with Gasteiger partial charge in [0, 0.05) is 32.3 Å². The molecule has 0 aliphatic heterocycles. The van der Waals surface area contributed by atoms with Crippen molar-refractivity contribution >= 4 is 14.3 Å². The van der Waals surface area contributed by atoms with Crippen LogP contribution in [0.1, 0.15) is 56.8 Å². The molecule has 0 saturated carbocycles. The van der Waals surface area contributed by atoms with E-state index in [0.29, 0.717) is 13.2 Å². The van der Waals surface area contributed by atoms with Crippen LogP contribution in [0.5, 0.6) is 0 Å². The van der Waals surface area contributed by atoms with Crippen molar-refractivity contribution in [1.29, 1.82) is 0 Å². The second-order valence-electron chi connectivity index (χ2n) is 11.9. The van der Waals surface area contributed by atoms with Gasteiger partial charge in [-0.15, -0.1) is 0 Å². The minimum Gasteiger partial charge on any atom is -0.417 e.